The van der Waals surface area contributed by atoms with Gasteiger partial charge in [0.25, 0.3) is 0 Å². The lowest BCUT2D eigenvalue weighted by atomic mass is 9.68. The second kappa shape index (κ2) is 4.24. The first-order chi connectivity index (χ1) is 7.45. The molecule has 0 aliphatic heterocycles. The molecule has 1 rings (SSSR count). The molecule has 0 radical (unpaired) electrons. The highest BCUT2D eigenvalue weighted by Gasteiger charge is 2.42. The van der Waals surface area contributed by atoms with Gasteiger partial charge in [0.05, 0.1) is 5.60 Å². The van der Waals surface area contributed by atoms with Crippen LogP contribution in [0.4, 0.5) is 0 Å². The Morgan fingerprint density at radius 2 is 1.88 bits per heavy atom. The van der Waals surface area contributed by atoms with Crippen LogP contribution in [0.2, 0.25) is 0 Å². The number of hydrogen-bond acceptors (Lipinski definition) is 2. The maximum atomic E-state index is 12.0. The van der Waals surface area contributed by atoms with Gasteiger partial charge in [-0.05, 0) is 43.3 Å². The molecule has 1 N–H and O–H groups in total. The van der Waals surface area contributed by atoms with Crippen LogP contribution in [-0.4, -0.2) is 16.5 Å². The Balaban J connectivity index is 2.88. The lowest BCUT2D eigenvalue weighted by molar-refractivity contribution is -0.128. The molecule has 0 saturated carbocycles. The molecule has 1 aliphatic rings. The highest BCUT2D eigenvalue weighted by Crippen LogP contribution is 2.41. The van der Waals surface area contributed by atoms with Crippen LogP contribution < -0.4 is 0 Å². The van der Waals surface area contributed by atoms with E-state index < -0.39 is 11.0 Å². The molecular formula is C15H26O2. The van der Waals surface area contributed by atoms with Gasteiger partial charge in [0.15, 0.2) is 5.78 Å². The molecule has 1 unspecified atom stereocenters. The van der Waals surface area contributed by atoms with Crippen molar-refractivity contribution in [1.82, 2.24) is 0 Å². The van der Waals surface area contributed by atoms with E-state index in [1.807, 2.05) is 20.8 Å². The van der Waals surface area contributed by atoms with Gasteiger partial charge < -0.3 is 5.11 Å². The van der Waals surface area contributed by atoms with Gasteiger partial charge in [-0.1, -0.05) is 34.6 Å². The minimum atomic E-state index is -0.811. The van der Waals surface area contributed by atoms with Gasteiger partial charge in [0.2, 0.25) is 0 Å². The average molecular weight is 238 g/mol. The van der Waals surface area contributed by atoms with Crippen molar-refractivity contribution < 1.29 is 9.90 Å². The highest BCUT2D eigenvalue weighted by molar-refractivity contribution is 6.00. The van der Waals surface area contributed by atoms with Crippen LogP contribution >= 0.6 is 0 Å². The number of ketones is 1. The van der Waals surface area contributed by atoms with Crippen molar-refractivity contribution in [3.05, 3.63) is 11.6 Å². The predicted octanol–water partition coefficient (Wildman–Crippen LogP) is 3.49. The predicted molar refractivity (Wildman–Crippen MR) is 70.8 cm³/mol. The van der Waals surface area contributed by atoms with E-state index in [0.29, 0.717) is 12.0 Å². The molecule has 2 heteroatoms. The third-order valence-electron chi connectivity index (χ3n) is 3.51. The van der Waals surface area contributed by atoms with Crippen LogP contribution in [-0.2, 0) is 4.79 Å². The van der Waals surface area contributed by atoms with E-state index in [1.54, 1.807) is 6.08 Å². The van der Waals surface area contributed by atoms with Crippen LogP contribution in [0.1, 0.15) is 60.8 Å². The molecule has 1 aliphatic carbocycles. The summed E-state index contributed by atoms with van der Waals surface area (Å²) in [5.41, 5.74) is -0.332. The summed E-state index contributed by atoms with van der Waals surface area (Å²) in [5, 5.41) is 10.6. The zero-order valence-electron chi connectivity index (χ0n) is 12.1. The minimum absolute atomic E-state index is 0.165. The number of Topliss-reactive ketones (excluding diaryl/α,β-unsaturated/α-hetero) is 1. The molecule has 2 nitrogen and oxygen atoms in total. The standard InChI is InChI=1S/C15H26O2/c1-11-9-15(17,8-7-13(2,3)4)10-14(5,6)12(11)16/h9,17H,7-8,10H2,1-6H3. The Kier molecular flexibility index (Phi) is 3.60. The second-order valence-corrected chi connectivity index (χ2v) is 7.38. The summed E-state index contributed by atoms with van der Waals surface area (Å²) in [4.78, 5) is 12.0. The Morgan fingerprint density at radius 1 is 1.35 bits per heavy atom. The summed E-state index contributed by atoms with van der Waals surface area (Å²) in [6.07, 6.45) is 3.99. The highest BCUT2D eigenvalue weighted by atomic mass is 16.3. The van der Waals surface area contributed by atoms with Gasteiger partial charge in [0.1, 0.15) is 0 Å². The summed E-state index contributed by atoms with van der Waals surface area (Å²) in [6.45, 7) is 12.2. The first-order valence-corrected chi connectivity index (χ1v) is 6.42. The van der Waals surface area contributed by atoms with E-state index in [9.17, 15) is 9.90 Å². The normalized spacial score (nSPS) is 29.1. The second-order valence-electron chi connectivity index (χ2n) is 7.38. The average Bonchev–Trinajstić information content (AvgIpc) is 2.10. The maximum absolute atomic E-state index is 12.0. The van der Waals surface area contributed by atoms with E-state index in [2.05, 4.69) is 20.8 Å². The fraction of sp³-hybridized carbons (Fsp3) is 0.800. The molecule has 0 bridgehead atoms. The molecule has 0 amide bonds. The van der Waals surface area contributed by atoms with Crippen molar-refractivity contribution in [1.29, 1.82) is 0 Å². The van der Waals surface area contributed by atoms with E-state index in [1.165, 1.54) is 0 Å². The van der Waals surface area contributed by atoms with Crippen LogP contribution in [0, 0.1) is 10.8 Å². The molecule has 0 aromatic carbocycles. The molecule has 0 aromatic rings. The van der Waals surface area contributed by atoms with Crippen molar-refractivity contribution >= 4 is 5.78 Å². The summed E-state index contributed by atoms with van der Waals surface area (Å²) in [7, 11) is 0. The summed E-state index contributed by atoms with van der Waals surface area (Å²) in [5.74, 6) is 0.165. The van der Waals surface area contributed by atoms with Gasteiger partial charge in [-0.15, -0.1) is 0 Å². The van der Waals surface area contributed by atoms with E-state index in [-0.39, 0.29) is 11.2 Å². The lowest BCUT2D eigenvalue weighted by Gasteiger charge is -2.39. The van der Waals surface area contributed by atoms with Crippen LogP contribution in [0.5, 0.6) is 0 Å². The largest absolute Gasteiger partial charge is 0.386 e. The SMILES string of the molecule is CC1=CC(O)(CCC(C)(C)C)CC(C)(C)C1=O. The molecule has 0 aromatic heterocycles. The molecule has 0 heterocycles. The van der Waals surface area contributed by atoms with Crippen molar-refractivity contribution in [2.75, 3.05) is 0 Å². The summed E-state index contributed by atoms with van der Waals surface area (Å²) < 4.78 is 0. The molecular weight excluding hydrogens is 212 g/mol. The summed E-state index contributed by atoms with van der Waals surface area (Å²) >= 11 is 0. The number of allylic oxidation sites excluding steroid dienone is 1. The van der Waals surface area contributed by atoms with Crippen molar-refractivity contribution in [2.45, 2.75) is 66.4 Å². The van der Waals surface area contributed by atoms with E-state index >= 15 is 0 Å². The molecule has 0 saturated heterocycles. The number of carbonyl (C=O) groups is 1. The van der Waals surface area contributed by atoms with Crippen LogP contribution in [0.15, 0.2) is 11.6 Å². The zero-order valence-corrected chi connectivity index (χ0v) is 12.1. The fourth-order valence-corrected chi connectivity index (χ4v) is 2.65. The Bertz CT molecular complexity index is 344. The van der Waals surface area contributed by atoms with Crippen LogP contribution in [0.3, 0.4) is 0 Å². The van der Waals surface area contributed by atoms with E-state index in [0.717, 1.165) is 12.8 Å². The molecule has 1 atom stereocenters. The molecule has 17 heavy (non-hydrogen) atoms. The van der Waals surface area contributed by atoms with Gasteiger partial charge >= 0.3 is 0 Å². The molecule has 0 fully saturated rings. The Labute approximate surface area is 105 Å². The Hall–Kier alpha value is -0.630. The third-order valence-corrected chi connectivity index (χ3v) is 3.51. The topological polar surface area (TPSA) is 37.3 Å². The van der Waals surface area contributed by atoms with Gasteiger partial charge in [-0.3, -0.25) is 4.79 Å². The molecule has 0 spiro atoms. The fourth-order valence-electron chi connectivity index (χ4n) is 2.65. The molecule has 98 valence electrons. The minimum Gasteiger partial charge on any atom is -0.386 e. The van der Waals surface area contributed by atoms with Crippen LogP contribution in [0.25, 0.3) is 0 Å². The number of hydrogen-bond donors (Lipinski definition) is 1. The zero-order chi connectivity index (χ0) is 13.5. The van der Waals surface area contributed by atoms with Gasteiger partial charge in [0, 0.05) is 5.41 Å². The quantitative estimate of drug-likeness (QED) is 0.799. The first-order valence-electron chi connectivity index (χ1n) is 6.42. The number of carbonyl (C=O) groups excluding carboxylic acids is 1. The maximum Gasteiger partial charge on any atom is 0.164 e. The number of rotatable bonds is 2. The first kappa shape index (κ1) is 14.4. The Morgan fingerprint density at radius 3 is 2.29 bits per heavy atom. The van der Waals surface area contributed by atoms with Gasteiger partial charge in [-0.2, -0.15) is 0 Å². The van der Waals surface area contributed by atoms with Gasteiger partial charge in [-0.25, -0.2) is 0 Å². The number of aliphatic hydroxyl groups is 1. The summed E-state index contributed by atoms with van der Waals surface area (Å²) in [6, 6.07) is 0. The third kappa shape index (κ3) is 3.67. The van der Waals surface area contributed by atoms with E-state index in [4.69, 9.17) is 0 Å². The monoisotopic (exact) mass is 238 g/mol. The van der Waals surface area contributed by atoms with Crippen molar-refractivity contribution in [2.24, 2.45) is 10.8 Å². The van der Waals surface area contributed by atoms with Crippen molar-refractivity contribution in [3.63, 3.8) is 0 Å². The van der Waals surface area contributed by atoms with Crippen molar-refractivity contribution in [3.8, 4) is 0 Å². The smallest absolute Gasteiger partial charge is 0.164 e. The lowest BCUT2D eigenvalue weighted by Crippen LogP contribution is -2.42.